The number of para-hydroxylation sites is 1. The van der Waals surface area contributed by atoms with Crippen molar-refractivity contribution in [1.29, 1.82) is 0 Å². The Labute approximate surface area is 105 Å². The number of ether oxygens (including phenoxy) is 1. The zero-order valence-electron chi connectivity index (χ0n) is 9.09. The SMILES string of the molecule is COC(=O)CC(C)Nc1c(Cl)cccc1Cl. The number of halogens is 2. The molecule has 0 amide bonds. The fourth-order valence-electron chi connectivity index (χ4n) is 1.27. The number of methoxy groups -OCH3 is 1. The molecule has 1 aromatic rings. The monoisotopic (exact) mass is 261 g/mol. The predicted octanol–water partition coefficient (Wildman–Crippen LogP) is 3.36. The molecule has 0 heterocycles. The van der Waals surface area contributed by atoms with Crippen LogP contribution in [0, 0.1) is 0 Å². The molecule has 0 aliphatic heterocycles. The van der Waals surface area contributed by atoms with Crippen LogP contribution >= 0.6 is 23.2 Å². The maximum absolute atomic E-state index is 11.1. The quantitative estimate of drug-likeness (QED) is 0.845. The van der Waals surface area contributed by atoms with Gasteiger partial charge in [0.15, 0.2) is 0 Å². The molecule has 0 aromatic heterocycles. The molecule has 1 unspecified atom stereocenters. The first-order valence-electron chi connectivity index (χ1n) is 4.82. The van der Waals surface area contributed by atoms with Gasteiger partial charge in [-0.2, -0.15) is 0 Å². The fourth-order valence-corrected chi connectivity index (χ4v) is 1.77. The lowest BCUT2D eigenvalue weighted by Crippen LogP contribution is -2.20. The van der Waals surface area contributed by atoms with Gasteiger partial charge in [-0.05, 0) is 19.1 Å². The minimum absolute atomic E-state index is 0.0927. The van der Waals surface area contributed by atoms with E-state index in [1.54, 1.807) is 18.2 Å². The Bertz CT molecular complexity index is 362. The summed E-state index contributed by atoms with van der Waals surface area (Å²) in [5, 5.41) is 4.14. The molecule has 0 spiro atoms. The van der Waals surface area contributed by atoms with Gasteiger partial charge < -0.3 is 10.1 Å². The van der Waals surface area contributed by atoms with Crippen LogP contribution in [0.2, 0.25) is 10.0 Å². The van der Waals surface area contributed by atoms with Crippen LogP contribution in [0.25, 0.3) is 0 Å². The molecule has 1 N–H and O–H groups in total. The Morgan fingerprint density at radius 1 is 1.44 bits per heavy atom. The van der Waals surface area contributed by atoms with Gasteiger partial charge in [0, 0.05) is 6.04 Å². The summed E-state index contributed by atoms with van der Waals surface area (Å²) in [6.07, 6.45) is 0.262. The van der Waals surface area contributed by atoms with E-state index in [-0.39, 0.29) is 18.4 Å². The smallest absolute Gasteiger partial charge is 0.307 e. The van der Waals surface area contributed by atoms with Crippen molar-refractivity contribution in [2.75, 3.05) is 12.4 Å². The molecule has 0 aliphatic carbocycles. The highest BCUT2D eigenvalue weighted by molar-refractivity contribution is 6.39. The van der Waals surface area contributed by atoms with E-state index in [0.717, 1.165) is 0 Å². The van der Waals surface area contributed by atoms with E-state index in [2.05, 4.69) is 10.1 Å². The number of carbonyl (C=O) groups is 1. The van der Waals surface area contributed by atoms with Crippen molar-refractivity contribution in [3.8, 4) is 0 Å². The van der Waals surface area contributed by atoms with Crippen molar-refractivity contribution >= 4 is 34.9 Å². The zero-order valence-corrected chi connectivity index (χ0v) is 10.6. The maximum atomic E-state index is 11.1. The highest BCUT2D eigenvalue weighted by atomic mass is 35.5. The molecule has 5 heteroatoms. The van der Waals surface area contributed by atoms with Gasteiger partial charge in [-0.15, -0.1) is 0 Å². The predicted molar refractivity (Wildman–Crippen MR) is 66.2 cm³/mol. The first kappa shape index (κ1) is 13.1. The molecule has 0 saturated carbocycles. The second-order valence-corrected chi connectivity index (χ2v) is 4.24. The fraction of sp³-hybridized carbons (Fsp3) is 0.364. The number of rotatable bonds is 4. The van der Waals surface area contributed by atoms with E-state index in [1.165, 1.54) is 7.11 Å². The Morgan fingerprint density at radius 2 is 2.00 bits per heavy atom. The normalized spacial score (nSPS) is 12.0. The van der Waals surface area contributed by atoms with Crippen LogP contribution in [0.3, 0.4) is 0 Å². The van der Waals surface area contributed by atoms with Gasteiger partial charge in [0.2, 0.25) is 0 Å². The van der Waals surface area contributed by atoms with Crippen molar-refractivity contribution in [2.45, 2.75) is 19.4 Å². The number of benzene rings is 1. The van der Waals surface area contributed by atoms with Crippen molar-refractivity contribution in [1.82, 2.24) is 0 Å². The van der Waals surface area contributed by atoms with Crippen molar-refractivity contribution in [2.24, 2.45) is 0 Å². The topological polar surface area (TPSA) is 38.3 Å². The largest absolute Gasteiger partial charge is 0.469 e. The summed E-state index contributed by atoms with van der Waals surface area (Å²) in [4.78, 5) is 11.1. The van der Waals surface area contributed by atoms with E-state index in [0.29, 0.717) is 15.7 Å². The lowest BCUT2D eigenvalue weighted by molar-refractivity contribution is -0.140. The molecule has 0 bridgehead atoms. The van der Waals surface area contributed by atoms with Crippen molar-refractivity contribution in [3.63, 3.8) is 0 Å². The molecule has 0 radical (unpaired) electrons. The molecule has 1 atom stereocenters. The summed E-state index contributed by atoms with van der Waals surface area (Å²) >= 11 is 12.0. The third kappa shape index (κ3) is 3.58. The third-order valence-corrected chi connectivity index (χ3v) is 2.68. The lowest BCUT2D eigenvalue weighted by atomic mass is 10.2. The number of hydrogen-bond acceptors (Lipinski definition) is 3. The van der Waals surface area contributed by atoms with Crippen LogP contribution < -0.4 is 5.32 Å². The van der Waals surface area contributed by atoms with Crippen molar-refractivity contribution < 1.29 is 9.53 Å². The first-order chi connectivity index (χ1) is 7.54. The molecule has 1 aromatic carbocycles. The van der Waals surface area contributed by atoms with Gasteiger partial charge in [-0.3, -0.25) is 4.79 Å². The van der Waals surface area contributed by atoms with Gasteiger partial charge in [-0.1, -0.05) is 29.3 Å². The summed E-state index contributed by atoms with van der Waals surface area (Å²) in [7, 11) is 1.36. The minimum atomic E-state index is -0.275. The number of nitrogens with one attached hydrogen (secondary N) is 1. The lowest BCUT2D eigenvalue weighted by Gasteiger charge is -2.16. The summed E-state index contributed by atoms with van der Waals surface area (Å²) < 4.78 is 4.57. The summed E-state index contributed by atoms with van der Waals surface area (Å²) in [5.41, 5.74) is 0.641. The molecule has 88 valence electrons. The average molecular weight is 262 g/mol. The minimum Gasteiger partial charge on any atom is -0.469 e. The highest BCUT2D eigenvalue weighted by Gasteiger charge is 2.12. The van der Waals surface area contributed by atoms with Gasteiger partial charge >= 0.3 is 5.97 Å². The Hall–Kier alpha value is -0.930. The van der Waals surface area contributed by atoms with Crippen LogP contribution in [0.4, 0.5) is 5.69 Å². The second kappa shape index (κ2) is 5.97. The van der Waals surface area contributed by atoms with Gasteiger partial charge in [0.1, 0.15) is 0 Å². The Balaban J connectivity index is 2.69. The molecule has 3 nitrogen and oxygen atoms in total. The zero-order chi connectivity index (χ0) is 12.1. The summed E-state index contributed by atoms with van der Waals surface area (Å²) in [5.74, 6) is -0.275. The van der Waals surface area contributed by atoms with Crippen LogP contribution in [-0.2, 0) is 9.53 Å². The van der Waals surface area contributed by atoms with Gasteiger partial charge in [0.05, 0.1) is 29.3 Å². The summed E-state index contributed by atoms with van der Waals surface area (Å²) in [6, 6.07) is 5.15. The van der Waals surface area contributed by atoms with Crippen LogP contribution in [0.1, 0.15) is 13.3 Å². The number of carbonyl (C=O) groups excluding carboxylic acids is 1. The molecular formula is C11H13Cl2NO2. The number of hydrogen-bond donors (Lipinski definition) is 1. The molecular weight excluding hydrogens is 249 g/mol. The first-order valence-corrected chi connectivity index (χ1v) is 5.57. The molecule has 16 heavy (non-hydrogen) atoms. The Morgan fingerprint density at radius 3 is 2.50 bits per heavy atom. The van der Waals surface area contributed by atoms with Crippen LogP contribution in [0.15, 0.2) is 18.2 Å². The van der Waals surface area contributed by atoms with E-state index in [4.69, 9.17) is 23.2 Å². The average Bonchev–Trinajstić information content (AvgIpc) is 2.23. The van der Waals surface area contributed by atoms with Gasteiger partial charge in [-0.25, -0.2) is 0 Å². The number of esters is 1. The second-order valence-electron chi connectivity index (χ2n) is 3.42. The van der Waals surface area contributed by atoms with E-state index in [9.17, 15) is 4.79 Å². The molecule has 1 rings (SSSR count). The van der Waals surface area contributed by atoms with Crippen LogP contribution in [-0.4, -0.2) is 19.1 Å². The maximum Gasteiger partial charge on any atom is 0.307 e. The Kier molecular flexibility index (Phi) is 4.90. The molecule has 0 aliphatic rings. The number of anilines is 1. The standard InChI is InChI=1S/C11H13Cl2NO2/c1-7(6-10(15)16-2)14-11-8(12)4-3-5-9(11)13/h3-5,7,14H,6H2,1-2H3. The van der Waals surface area contributed by atoms with Crippen LogP contribution in [0.5, 0.6) is 0 Å². The van der Waals surface area contributed by atoms with E-state index >= 15 is 0 Å². The summed E-state index contributed by atoms with van der Waals surface area (Å²) in [6.45, 7) is 1.86. The molecule has 0 saturated heterocycles. The van der Waals surface area contributed by atoms with E-state index in [1.807, 2.05) is 6.92 Å². The van der Waals surface area contributed by atoms with E-state index < -0.39 is 0 Å². The highest BCUT2D eigenvalue weighted by Crippen LogP contribution is 2.30. The van der Waals surface area contributed by atoms with Crippen molar-refractivity contribution in [3.05, 3.63) is 28.2 Å². The molecule has 0 fully saturated rings. The third-order valence-electron chi connectivity index (χ3n) is 2.05. The van der Waals surface area contributed by atoms with Gasteiger partial charge in [0.25, 0.3) is 0 Å².